The van der Waals surface area contributed by atoms with Crippen LogP contribution in [-0.4, -0.2) is 12.2 Å². The lowest BCUT2D eigenvalue weighted by atomic mass is 9.88. The minimum Gasteiger partial charge on any atom is -0.211 e. The number of isocyanates is 2. The van der Waals surface area contributed by atoms with Crippen LogP contribution < -0.4 is 0 Å². The number of benzene rings is 2. The van der Waals surface area contributed by atoms with Gasteiger partial charge in [-0.05, 0) is 48.6 Å². The van der Waals surface area contributed by atoms with E-state index in [-0.39, 0.29) is 0 Å². The molecule has 0 saturated heterocycles. The highest BCUT2D eigenvalue weighted by atomic mass is 16.1. The predicted molar refractivity (Wildman–Crippen MR) is 91.0 cm³/mol. The molecular weight excluding hydrogens is 288 g/mol. The van der Waals surface area contributed by atoms with Crippen LogP contribution in [0.15, 0.2) is 40.3 Å². The summed E-state index contributed by atoms with van der Waals surface area (Å²) >= 11 is 0. The average molecular weight is 306 g/mol. The number of hydrogen-bond donors (Lipinski definition) is 0. The maximum Gasteiger partial charge on any atom is 0.240 e. The van der Waals surface area contributed by atoms with Gasteiger partial charge < -0.3 is 0 Å². The second-order valence-electron chi connectivity index (χ2n) is 5.69. The second kappa shape index (κ2) is 6.97. The molecule has 0 N–H and O–H groups in total. The Bertz CT molecular complexity index is 841. The second-order valence-corrected chi connectivity index (χ2v) is 5.69. The largest absolute Gasteiger partial charge is 0.240 e. The molecule has 4 nitrogen and oxygen atoms in total. The van der Waals surface area contributed by atoms with E-state index in [2.05, 4.69) is 23.8 Å². The Labute approximate surface area is 135 Å². The van der Waals surface area contributed by atoms with Crippen LogP contribution in [0.2, 0.25) is 0 Å². The standard InChI is InChI=1S/C19H18N2O2/c1-12(2)16-9-17(19(21-11-23)14(4)13(16)3)15-7-5-6-8-18(15)20-10-22/h5-9,12H,1-4H3. The number of para-hydroxylation sites is 1. The van der Waals surface area contributed by atoms with Gasteiger partial charge in [0.25, 0.3) is 0 Å². The first-order chi connectivity index (χ1) is 11.0. The van der Waals surface area contributed by atoms with Gasteiger partial charge in [0.05, 0.1) is 11.4 Å². The van der Waals surface area contributed by atoms with Crippen molar-refractivity contribution in [1.82, 2.24) is 0 Å². The quantitative estimate of drug-likeness (QED) is 0.587. The Morgan fingerprint density at radius 2 is 1.57 bits per heavy atom. The molecule has 0 amide bonds. The van der Waals surface area contributed by atoms with Crippen LogP contribution in [0, 0.1) is 13.8 Å². The van der Waals surface area contributed by atoms with E-state index in [4.69, 9.17) is 0 Å². The number of hydrogen-bond acceptors (Lipinski definition) is 4. The third-order valence-electron chi connectivity index (χ3n) is 4.05. The van der Waals surface area contributed by atoms with Crippen molar-refractivity contribution in [2.45, 2.75) is 33.6 Å². The first-order valence-electron chi connectivity index (χ1n) is 7.40. The summed E-state index contributed by atoms with van der Waals surface area (Å²) in [7, 11) is 0. The Morgan fingerprint density at radius 3 is 2.17 bits per heavy atom. The Kier molecular flexibility index (Phi) is 5.02. The van der Waals surface area contributed by atoms with Crippen molar-refractivity contribution < 1.29 is 9.59 Å². The summed E-state index contributed by atoms with van der Waals surface area (Å²) in [5.41, 5.74) is 5.80. The molecule has 0 fully saturated rings. The van der Waals surface area contributed by atoms with E-state index in [0.717, 1.165) is 22.3 Å². The molecular formula is C19H18N2O2. The van der Waals surface area contributed by atoms with Crippen LogP contribution in [0.25, 0.3) is 11.1 Å². The van der Waals surface area contributed by atoms with E-state index in [1.54, 1.807) is 24.3 Å². The molecule has 0 saturated carbocycles. The number of rotatable bonds is 4. The molecule has 0 aliphatic rings. The number of aliphatic imine (C=N–C) groups is 2. The van der Waals surface area contributed by atoms with Gasteiger partial charge >= 0.3 is 0 Å². The maximum atomic E-state index is 10.9. The van der Waals surface area contributed by atoms with E-state index >= 15 is 0 Å². The molecule has 0 heterocycles. The van der Waals surface area contributed by atoms with Crippen molar-refractivity contribution in [3.8, 4) is 11.1 Å². The lowest BCUT2D eigenvalue weighted by Crippen LogP contribution is -1.97. The fraction of sp³-hybridized carbons (Fsp3) is 0.263. The maximum absolute atomic E-state index is 10.9. The van der Waals surface area contributed by atoms with E-state index < -0.39 is 0 Å². The zero-order valence-electron chi connectivity index (χ0n) is 13.7. The van der Waals surface area contributed by atoms with Gasteiger partial charge in [-0.1, -0.05) is 32.0 Å². The summed E-state index contributed by atoms with van der Waals surface area (Å²) in [5, 5.41) is 0. The van der Waals surface area contributed by atoms with Gasteiger partial charge in [-0.25, -0.2) is 9.59 Å². The topological polar surface area (TPSA) is 58.9 Å². The Morgan fingerprint density at radius 1 is 0.913 bits per heavy atom. The molecule has 0 bridgehead atoms. The summed E-state index contributed by atoms with van der Waals surface area (Å²) in [5.74, 6) is 0.323. The third-order valence-corrected chi connectivity index (χ3v) is 4.05. The molecule has 0 atom stereocenters. The molecule has 0 radical (unpaired) electrons. The highest BCUT2D eigenvalue weighted by Crippen LogP contribution is 2.42. The summed E-state index contributed by atoms with van der Waals surface area (Å²) in [4.78, 5) is 29.2. The van der Waals surface area contributed by atoms with Gasteiger partial charge in [-0.3, -0.25) is 0 Å². The van der Waals surface area contributed by atoms with Gasteiger partial charge in [-0.2, -0.15) is 9.98 Å². The third kappa shape index (κ3) is 3.19. The van der Waals surface area contributed by atoms with Gasteiger partial charge in [-0.15, -0.1) is 0 Å². The molecule has 0 aromatic heterocycles. The zero-order chi connectivity index (χ0) is 17.0. The summed E-state index contributed by atoms with van der Waals surface area (Å²) < 4.78 is 0. The first-order valence-corrected chi connectivity index (χ1v) is 7.40. The molecule has 0 aliphatic heterocycles. The SMILES string of the molecule is Cc1c(C(C)C)cc(-c2ccccc2N=C=O)c(N=C=O)c1C. The molecule has 0 spiro atoms. The molecule has 2 aromatic rings. The molecule has 0 unspecified atom stereocenters. The van der Waals surface area contributed by atoms with Crippen molar-refractivity contribution in [3.63, 3.8) is 0 Å². The monoisotopic (exact) mass is 306 g/mol. The van der Waals surface area contributed by atoms with Crippen LogP contribution in [0.3, 0.4) is 0 Å². The molecule has 116 valence electrons. The van der Waals surface area contributed by atoms with E-state index in [0.29, 0.717) is 17.3 Å². The van der Waals surface area contributed by atoms with E-state index in [9.17, 15) is 9.59 Å². The zero-order valence-corrected chi connectivity index (χ0v) is 13.7. The van der Waals surface area contributed by atoms with Crippen molar-refractivity contribution in [1.29, 1.82) is 0 Å². The predicted octanol–water partition coefficient (Wildman–Crippen LogP) is 5.03. The van der Waals surface area contributed by atoms with Crippen LogP contribution in [0.5, 0.6) is 0 Å². The van der Waals surface area contributed by atoms with Gasteiger partial charge in [0.15, 0.2) is 0 Å². The van der Waals surface area contributed by atoms with Gasteiger partial charge in [0.2, 0.25) is 12.2 Å². The summed E-state index contributed by atoms with van der Waals surface area (Å²) in [6.45, 7) is 8.19. The number of nitrogens with zero attached hydrogens (tertiary/aromatic N) is 2. The van der Waals surface area contributed by atoms with Crippen LogP contribution in [-0.2, 0) is 9.59 Å². The normalized spacial score (nSPS) is 10.1. The number of carbonyl (C=O) groups excluding carboxylic acids is 2. The first kappa shape index (κ1) is 16.6. The highest BCUT2D eigenvalue weighted by Gasteiger charge is 2.17. The Hall–Kier alpha value is -2.80. The minimum atomic E-state index is 0.323. The fourth-order valence-electron chi connectivity index (χ4n) is 2.77. The Balaban J connectivity index is 2.90. The van der Waals surface area contributed by atoms with E-state index in [1.807, 2.05) is 32.0 Å². The molecule has 2 aromatic carbocycles. The average Bonchev–Trinajstić information content (AvgIpc) is 2.53. The smallest absolute Gasteiger partial charge is 0.211 e. The van der Waals surface area contributed by atoms with Crippen LogP contribution in [0.4, 0.5) is 11.4 Å². The summed E-state index contributed by atoms with van der Waals surface area (Å²) in [6, 6.07) is 9.26. The highest BCUT2D eigenvalue weighted by molar-refractivity contribution is 5.87. The molecule has 23 heavy (non-hydrogen) atoms. The van der Waals surface area contributed by atoms with Gasteiger partial charge in [0, 0.05) is 11.1 Å². The van der Waals surface area contributed by atoms with E-state index in [1.165, 1.54) is 5.56 Å². The van der Waals surface area contributed by atoms with Crippen molar-refractivity contribution >= 4 is 23.5 Å². The molecule has 0 aliphatic carbocycles. The minimum absolute atomic E-state index is 0.323. The lowest BCUT2D eigenvalue weighted by molar-refractivity contribution is 0.564. The molecule has 4 heteroatoms. The van der Waals surface area contributed by atoms with Crippen LogP contribution in [0.1, 0.15) is 36.5 Å². The van der Waals surface area contributed by atoms with Crippen molar-refractivity contribution in [3.05, 3.63) is 47.0 Å². The lowest BCUT2D eigenvalue weighted by Gasteiger charge is -2.18. The van der Waals surface area contributed by atoms with Gasteiger partial charge in [0.1, 0.15) is 0 Å². The van der Waals surface area contributed by atoms with Crippen LogP contribution >= 0.6 is 0 Å². The fourth-order valence-corrected chi connectivity index (χ4v) is 2.77. The van der Waals surface area contributed by atoms with Crippen molar-refractivity contribution in [2.24, 2.45) is 9.98 Å². The van der Waals surface area contributed by atoms with Crippen molar-refractivity contribution in [2.75, 3.05) is 0 Å². The summed E-state index contributed by atoms with van der Waals surface area (Å²) in [6.07, 6.45) is 3.21. The molecule has 2 rings (SSSR count).